The summed E-state index contributed by atoms with van der Waals surface area (Å²) in [5.74, 6) is -0.732. The smallest absolute Gasteiger partial charge is 0.320 e. The molecule has 0 radical (unpaired) electrons. The first-order chi connectivity index (χ1) is 7.73. The topological polar surface area (TPSA) is 63.1 Å². The van der Waals surface area contributed by atoms with Crippen LogP contribution in [0.2, 0.25) is 0 Å². The summed E-state index contributed by atoms with van der Waals surface area (Å²) in [6.45, 7) is 0. The van der Waals surface area contributed by atoms with Crippen molar-refractivity contribution in [1.82, 2.24) is 9.97 Å². The maximum atomic E-state index is 11.4. The van der Waals surface area contributed by atoms with Gasteiger partial charge in [0.1, 0.15) is 4.75 Å². The molecule has 0 amide bonds. The third-order valence-corrected chi connectivity index (χ3v) is 4.25. The highest BCUT2D eigenvalue weighted by molar-refractivity contribution is 8.01. The Morgan fingerprint density at radius 3 is 2.44 bits per heavy atom. The van der Waals surface area contributed by atoms with Crippen LogP contribution in [0.1, 0.15) is 32.1 Å². The summed E-state index contributed by atoms with van der Waals surface area (Å²) in [7, 11) is 0. The van der Waals surface area contributed by atoms with Crippen LogP contribution in [0, 0.1) is 0 Å². The molecule has 0 aromatic carbocycles. The highest BCUT2D eigenvalue weighted by Crippen LogP contribution is 2.42. The molecule has 0 atom stereocenters. The molecule has 0 spiro atoms. The minimum absolute atomic E-state index is 0.562. The lowest BCUT2D eigenvalue weighted by Crippen LogP contribution is -2.37. The molecule has 1 aliphatic rings. The van der Waals surface area contributed by atoms with Gasteiger partial charge in [-0.1, -0.05) is 31.0 Å². The maximum Gasteiger partial charge on any atom is 0.320 e. The Bertz CT molecular complexity index is 364. The second-order valence-corrected chi connectivity index (χ2v) is 5.34. The molecule has 1 saturated carbocycles. The number of aromatic nitrogens is 2. The van der Waals surface area contributed by atoms with Gasteiger partial charge < -0.3 is 5.11 Å². The van der Waals surface area contributed by atoms with Gasteiger partial charge in [-0.2, -0.15) is 0 Å². The highest BCUT2D eigenvalue weighted by atomic mass is 32.2. The molecule has 16 heavy (non-hydrogen) atoms. The Kier molecular flexibility index (Phi) is 3.43. The molecule has 5 heteroatoms. The molecule has 1 N–H and O–H groups in total. The average Bonchev–Trinajstić information content (AvgIpc) is 2.31. The number of thioether (sulfide) groups is 1. The van der Waals surface area contributed by atoms with Crippen LogP contribution in [0.25, 0.3) is 0 Å². The third kappa shape index (κ3) is 2.35. The van der Waals surface area contributed by atoms with Crippen molar-refractivity contribution in [2.24, 2.45) is 0 Å². The summed E-state index contributed by atoms with van der Waals surface area (Å²) >= 11 is 1.30. The average molecular weight is 238 g/mol. The van der Waals surface area contributed by atoms with E-state index in [4.69, 9.17) is 0 Å². The Balaban J connectivity index is 2.17. The van der Waals surface area contributed by atoms with E-state index in [0.29, 0.717) is 18.0 Å². The number of carboxylic acids is 1. The van der Waals surface area contributed by atoms with Crippen molar-refractivity contribution < 1.29 is 9.90 Å². The number of hydrogen-bond donors (Lipinski definition) is 1. The Labute approximate surface area is 98.5 Å². The zero-order valence-electron chi connectivity index (χ0n) is 8.93. The zero-order chi connectivity index (χ0) is 11.4. The fourth-order valence-corrected chi connectivity index (χ4v) is 3.15. The van der Waals surface area contributed by atoms with E-state index in [-0.39, 0.29) is 0 Å². The Hall–Kier alpha value is -1.10. The minimum Gasteiger partial charge on any atom is -0.480 e. The van der Waals surface area contributed by atoms with Gasteiger partial charge in [0.15, 0.2) is 5.16 Å². The summed E-state index contributed by atoms with van der Waals surface area (Å²) in [5, 5.41) is 9.94. The summed E-state index contributed by atoms with van der Waals surface area (Å²) in [6, 6.07) is 1.73. The fraction of sp³-hybridized carbons (Fsp3) is 0.545. The lowest BCUT2D eigenvalue weighted by Gasteiger charge is -2.31. The number of hydrogen-bond acceptors (Lipinski definition) is 4. The maximum absolute atomic E-state index is 11.4. The van der Waals surface area contributed by atoms with Crippen LogP contribution >= 0.6 is 11.8 Å². The predicted molar refractivity (Wildman–Crippen MR) is 61.3 cm³/mol. The van der Waals surface area contributed by atoms with Crippen molar-refractivity contribution in [2.45, 2.75) is 42.0 Å². The van der Waals surface area contributed by atoms with Crippen molar-refractivity contribution in [3.05, 3.63) is 18.5 Å². The summed E-state index contributed by atoms with van der Waals surface area (Å²) < 4.78 is -0.709. The van der Waals surface area contributed by atoms with Crippen LogP contribution < -0.4 is 0 Å². The Morgan fingerprint density at radius 1 is 1.25 bits per heavy atom. The van der Waals surface area contributed by atoms with E-state index in [1.165, 1.54) is 11.8 Å². The van der Waals surface area contributed by atoms with Gasteiger partial charge in [-0.15, -0.1) is 0 Å². The molecule has 86 valence electrons. The van der Waals surface area contributed by atoms with Crippen molar-refractivity contribution in [2.75, 3.05) is 0 Å². The van der Waals surface area contributed by atoms with Crippen LogP contribution in [0.3, 0.4) is 0 Å². The molecule has 0 saturated heterocycles. The molecule has 1 heterocycles. The molecule has 0 unspecified atom stereocenters. The number of aliphatic carboxylic acids is 1. The van der Waals surface area contributed by atoms with E-state index in [9.17, 15) is 9.90 Å². The summed E-state index contributed by atoms with van der Waals surface area (Å²) in [6.07, 6.45) is 7.81. The quantitative estimate of drug-likeness (QED) is 0.819. The third-order valence-electron chi connectivity index (χ3n) is 2.88. The van der Waals surface area contributed by atoms with Crippen molar-refractivity contribution in [3.8, 4) is 0 Å². The molecular weight excluding hydrogens is 224 g/mol. The van der Waals surface area contributed by atoms with Crippen LogP contribution in [-0.4, -0.2) is 25.8 Å². The Morgan fingerprint density at radius 2 is 1.88 bits per heavy atom. The van der Waals surface area contributed by atoms with E-state index in [1.54, 1.807) is 18.5 Å². The summed E-state index contributed by atoms with van der Waals surface area (Å²) in [4.78, 5) is 19.6. The predicted octanol–water partition coefficient (Wildman–Crippen LogP) is 2.36. The standard InChI is InChI=1S/C11H14N2O2S/c14-9(15)11(5-2-1-3-6-11)16-10-12-7-4-8-13-10/h4,7-8H,1-3,5-6H2,(H,14,15). The molecule has 0 aliphatic heterocycles. The first-order valence-electron chi connectivity index (χ1n) is 5.42. The van der Waals surface area contributed by atoms with Crippen molar-refractivity contribution in [3.63, 3.8) is 0 Å². The largest absolute Gasteiger partial charge is 0.480 e. The van der Waals surface area contributed by atoms with Gasteiger partial charge in [0.2, 0.25) is 0 Å². The lowest BCUT2D eigenvalue weighted by molar-refractivity contribution is -0.140. The first kappa shape index (κ1) is 11.4. The van der Waals surface area contributed by atoms with Gasteiger partial charge in [-0.05, 0) is 18.9 Å². The van der Waals surface area contributed by atoms with Crippen LogP contribution in [-0.2, 0) is 4.79 Å². The molecule has 1 fully saturated rings. The molecule has 1 aliphatic carbocycles. The van der Waals surface area contributed by atoms with Gasteiger partial charge >= 0.3 is 5.97 Å². The van der Waals surface area contributed by atoms with Crippen LogP contribution in [0.5, 0.6) is 0 Å². The first-order valence-corrected chi connectivity index (χ1v) is 6.24. The number of carboxylic acid groups (broad SMARTS) is 1. The van der Waals surface area contributed by atoms with E-state index in [1.807, 2.05) is 0 Å². The SMILES string of the molecule is O=C(O)C1(Sc2ncccn2)CCCCC1. The van der Waals surface area contributed by atoms with E-state index < -0.39 is 10.7 Å². The second kappa shape index (κ2) is 4.82. The van der Waals surface area contributed by atoms with E-state index in [0.717, 1.165) is 19.3 Å². The zero-order valence-corrected chi connectivity index (χ0v) is 9.74. The minimum atomic E-state index is -0.732. The number of nitrogens with zero attached hydrogens (tertiary/aromatic N) is 2. The normalized spacial score (nSPS) is 19.2. The lowest BCUT2D eigenvalue weighted by atomic mass is 9.88. The molecule has 1 aromatic heterocycles. The van der Waals surface area contributed by atoms with Crippen LogP contribution in [0.15, 0.2) is 23.6 Å². The molecular formula is C11H14N2O2S. The second-order valence-electron chi connectivity index (χ2n) is 3.99. The van der Waals surface area contributed by atoms with Gasteiger partial charge in [-0.3, -0.25) is 4.79 Å². The van der Waals surface area contributed by atoms with E-state index >= 15 is 0 Å². The molecule has 1 aromatic rings. The van der Waals surface area contributed by atoms with E-state index in [2.05, 4.69) is 9.97 Å². The van der Waals surface area contributed by atoms with Crippen molar-refractivity contribution >= 4 is 17.7 Å². The highest BCUT2D eigenvalue weighted by Gasteiger charge is 2.41. The number of carbonyl (C=O) groups is 1. The monoisotopic (exact) mass is 238 g/mol. The van der Waals surface area contributed by atoms with Crippen LogP contribution in [0.4, 0.5) is 0 Å². The molecule has 4 nitrogen and oxygen atoms in total. The summed E-state index contributed by atoms with van der Waals surface area (Å²) in [5.41, 5.74) is 0. The van der Waals surface area contributed by atoms with Gasteiger partial charge in [0, 0.05) is 12.4 Å². The van der Waals surface area contributed by atoms with Gasteiger partial charge in [0.05, 0.1) is 0 Å². The van der Waals surface area contributed by atoms with Gasteiger partial charge in [-0.25, -0.2) is 9.97 Å². The number of rotatable bonds is 3. The van der Waals surface area contributed by atoms with Crippen molar-refractivity contribution in [1.29, 1.82) is 0 Å². The van der Waals surface area contributed by atoms with Gasteiger partial charge in [0.25, 0.3) is 0 Å². The molecule has 2 rings (SSSR count). The molecule has 0 bridgehead atoms. The fourth-order valence-electron chi connectivity index (χ4n) is 2.00.